The zero-order valence-electron chi connectivity index (χ0n) is 14.2. The molecule has 2 N–H and O–H groups in total. The second-order valence-electron chi connectivity index (χ2n) is 6.32. The number of ether oxygens (including phenoxy) is 1. The van der Waals surface area contributed by atoms with Gasteiger partial charge >= 0.3 is 6.03 Å². The Balaban J connectivity index is 1.94. The fourth-order valence-corrected chi connectivity index (χ4v) is 4.15. The van der Waals surface area contributed by atoms with Crippen LogP contribution in [0.5, 0.6) is 5.75 Å². The van der Waals surface area contributed by atoms with Gasteiger partial charge < -0.3 is 20.3 Å². The lowest BCUT2D eigenvalue weighted by molar-refractivity contribution is 0.166. The monoisotopic (exact) mass is 345 g/mol. The van der Waals surface area contributed by atoms with Gasteiger partial charge in [0.1, 0.15) is 5.75 Å². The van der Waals surface area contributed by atoms with Crippen molar-refractivity contribution in [2.24, 2.45) is 5.73 Å². The predicted molar refractivity (Wildman–Crippen MR) is 96.2 cm³/mol. The number of nitrogens with zero attached hydrogens (tertiary/aromatic N) is 2. The Morgan fingerprint density at radius 1 is 1.46 bits per heavy atom. The van der Waals surface area contributed by atoms with Gasteiger partial charge in [-0.3, -0.25) is 0 Å². The van der Waals surface area contributed by atoms with E-state index in [2.05, 4.69) is 41.9 Å². The van der Waals surface area contributed by atoms with Crippen LogP contribution in [0.2, 0.25) is 0 Å². The highest BCUT2D eigenvalue weighted by molar-refractivity contribution is 7.07. The van der Waals surface area contributed by atoms with Crippen molar-refractivity contribution in [3.8, 4) is 5.75 Å². The van der Waals surface area contributed by atoms with Crippen molar-refractivity contribution in [1.82, 2.24) is 9.80 Å². The van der Waals surface area contributed by atoms with Crippen LogP contribution in [0.3, 0.4) is 0 Å². The lowest BCUT2D eigenvalue weighted by Crippen LogP contribution is -2.36. The Bertz CT molecular complexity index is 715. The van der Waals surface area contributed by atoms with Crippen LogP contribution in [0.1, 0.15) is 35.2 Å². The Morgan fingerprint density at radius 3 is 2.83 bits per heavy atom. The van der Waals surface area contributed by atoms with E-state index >= 15 is 0 Å². The predicted octanol–water partition coefficient (Wildman–Crippen LogP) is 3.39. The van der Waals surface area contributed by atoms with Crippen molar-refractivity contribution in [1.29, 1.82) is 0 Å². The highest BCUT2D eigenvalue weighted by atomic mass is 32.1. The first-order valence-corrected chi connectivity index (χ1v) is 8.87. The summed E-state index contributed by atoms with van der Waals surface area (Å²) in [6.07, 6.45) is 0.812. The zero-order chi connectivity index (χ0) is 17.3. The molecule has 1 aromatic heterocycles. The number of primary amides is 1. The molecular formula is C18H23N3O2S. The molecule has 0 spiro atoms. The number of hydrogen-bond donors (Lipinski definition) is 1. The first kappa shape index (κ1) is 16.8. The fraction of sp³-hybridized carbons (Fsp3) is 0.389. The topological polar surface area (TPSA) is 58.8 Å². The van der Waals surface area contributed by atoms with Gasteiger partial charge in [0.2, 0.25) is 0 Å². The maximum atomic E-state index is 12.0. The maximum absolute atomic E-state index is 12.0. The van der Waals surface area contributed by atoms with Gasteiger partial charge in [0, 0.05) is 12.6 Å². The molecule has 128 valence electrons. The number of benzene rings is 1. The van der Waals surface area contributed by atoms with Gasteiger partial charge in [0.25, 0.3) is 0 Å². The molecule has 0 radical (unpaired) electrons. The maximum Gasteiger partial charge on any atom is 0.315 e. The molecule has 6 heteroatoms. The van der Waals surface area contributed by atoms with Crippen molar-refractivity contribution in [3.63, 3.8) is 0 Å². The van der Waals surface area contributed by atoms with Crippen molar-refractivity contribution in [2.75, 3.05) is 21.2 Å². The Morgan fingerprint density at radius 2 is 2.25 bits per heavy atom. The number of amides is 2. The standard InChI is InChI=1S/C18H23N3O2S/c1-20(2)16(12-6-7-24-11-12)9-17-15-5-4-14(23-3)8-13(15)10-21(17)18(19)22/h4-8,11,16-17H,9-10H2,1-3H3,(H2,19,22). The van der Waals surface area contributed by atoms with Crippen LogP contribution in [-0.2, 0) is 6.54 Å². The number of carbonyl (C=O) groups is 1. The molecule has 2 aromatic rings. The van der Waals surface area contributed by atoms with E-state index in [4.69, 9.17) is 10.5 Å². The molecule has 2 atom stereocenters. The second kappa shape index (κ2) is 6.83. The van der Waals surface area contributed by atoms with Crippen LogP contribution in [-0.4, -0.2) is 37.0 Å². The van der Waals surface area contributed by atoms with Gasteiger partial charge in [-0.25, -0.2) is 4.79 Å². The smallest absolute Gasteiger partial charge is 0.315 e. The highest BCUT2D eigenvalue weighted by Crippen LogP contribution is 2.41. The van der Waals surface area contributed by atoms with E-state index in [0.29, 0.717) is 6.54 Å². The summed E-state index contributed by atoms with van der Waals surface area (Å²) in [6, 6.07) is 7.99. The summed E-state index contributed by atoms with van der Waals surface area (Å²) in [7, 11) is 5.79. The minimum absolute atomic E-state index is 0.0179. The normalized spacial score (nSPS) is 17.8. The molecule has 0 fully saturated rings. The number of hydrogen-bond acceptors (Lipinski definition) is 4. The number of methoxy groups -OCH3 is 1. The fourth-order valence-electron chi connectivity index (χ4n) is 3.44. The van der Waals surface area contributed by atoms with Crippen molar-refractivity contribution >= 4 is 17.4 Å². The van der Waals surface area contributed by atoms with Gasteiger partial charge in [-0.15, -0.1) is 0 Å². The zero-order valence-corrected chi connectivity index (χ0v) is 15.0. The Labute approximate surface area is 146 Å². The number of fused-ring (bicyclic) bond motifs is 1. The number of nitrogens with two attached hydrogens (primary N) is 1. The lowest BCUT2D eigenvalue weighted by Gasteiger charge is -2.31. The first-order chi connectivity index (χ1) is 11.5. The molecule has 0 saturated heterocycles. The summed E-state index contributed by atoms with van der Waals surface area (Å²) in [5.41, 5.74) is 9.20. The minimum atomic E-state index is -0.377. The molecule has 1 aliphatic rings. The third kappa shape index (κ3) is 3.12. The van der Waals surface area contributed by atoms with E-state index in [1.165, 1.54) is 5.56 Å². The molecule has 24 heavy (non-hydrogen) atoms. The molecule has 5 nitrogen and oxygen atoms in total. The molecule has 2 heterocycles. The molecule has 2 amide bonds. The lowest BCUT2D eigenvalue weighted by atomic mass is 9.95. The third-order valence-electron chi connectivity index (χ3n) is 4.71. The van der Waals surface area contributed by atoms with Crippen LogP contribution in [0.15, 0.2) is 35.0 Å². The van der Waals surface area contributed by atoms with E-state index < -0.39 is 0 Å². The molecular weight excluding hydrogens is 322 g/mol. The third-order valence-corrected chi connectivity index (χ3v) is 5.41. The summed E-state index contributed by atoms with van der Waals surface area (Å²) in [6.45, 7) is 0.538. The molecule has 0 aliphatic carbocycles. The van der Waals surface area contributed by atoms with Gasteiger partial charge in [-0.2, -0.15) is 11.3 Å². The molecule has 2 unspecified atom stereocenters. The van der Waals surface area contributed by atoms with Gasteiger partial charge in [-0.1, -0.05) is 6.07 Å². The van der Waals surface area contributed by atoms with Crippen LogP contribution in [0.4, 0.5) is 4.79 Å². The second-order valence-corrected chi connectivity index (χ2v) is 7.10. The quantitative estimate of drug-likeness (QED) is 0.904. The van der Waals surface area contributed by atoms with Crippen molar-refractivity contribution in [2.45, 2.75) is 25.0 Å². The van der Waals surface area contributed by atoms with Gasteiger partial charge in [0.05, 0.1) is 13.2 Å². The van der Waals surface area contributed by atoms with E-state index in [0.717, 1.165) is 23.3 Å². The Hall–Kier alpha value is -2.05. The van der Waals surface area contributed by atoms with Crippen LogP contribution in [0.25, 0.3) is 0 Å². The highest BCUT2D eigenvalue weighted by Gasteiger charge is 2.35. The SMILES string of the molecule is COc1ccc2c(c1)CN(C(N)=O)C2CC(c1ccsc1)N(C)C. The van der Waals surface area contributed by atoms with Crippen LogP contribution >= 0.6 is 11.3 Å². The molecule has 1 aromatic carbocycles. The largest absolute Gasteiger partial charge is 0.497 e. The molecule has 0 saturated carbocycles. The average Bonchev–Trinajstić information content (AvgIpc) is 3.19. The average molecular weight is 345 g/mol. The summed E-state index contributed by atoms with van der Waals surface area (Å²) in [5, 5.41) is 4.26. The number of thiophene rings is 1. The van der Waals surface area contributed by atoms with Gasteiger partial charge in [-0.05, 0) is 66.2 Å². The number of carbonyl (C=O) groups excluding carboxylic acids is 1. The summed E-state index contributed by atoms with van der Waals surface area (Å²) in [5.74, 6) is 0.806. The molecule has 1 aliphatic heterocycles. The van der Waals surface area contributed by atoms with Gasteiger partial charge in [0.15, 0.2) is 0 Å². The molecule has 3 rings (SSSR count). The van der Waals surface area contributed by atoms with Crippen LogP contribution in [0, 0.1) is 0 Å². The van der Waals surface area contributed by atoms with Crippen molar-refractivity contribution < 1.29 is 9.53 Å². The minimum Gasteiger partial charge on any atom is -0.497 e. The van der Waals surface area contributed by atoms with E-state index in [-0.39, 0.29) is 18.1 Å². The van der Waals surface area contributed by atoms with E-state index in [9.17, 15) is 4.79 Å². The first-order valence-electron chi connectivity index (χ1n) is 7.92. The summed E-state index contributed by atoms with van der Waals surface area (Å²) in [4.78, 5) is 15.9. The summed E-state index contributed by atoms with van der Waals surface area (Å²) < 4.78 is 5.31. The van der Waals surface area contributed by atoms with Crippen molar-refractivity contribution in [3.05, 3.63) is 51.7 Å². The van der Waals surface area contributed by atoms with E-state index in [1.54, 1.807) is 23.3 Å². The van der Waals surface area contributed by atoms with E-state index in [1.807, 2.05) is 12.1 Å². The summed E-state index contributed by atoms with van der Waals surface area (Å²) >= 11 is 1.69. The van der Waals surface area contributed by atoms with Crippen LogP contribution < -0.4 is 10.5 Å². The number of urea groups is 1. The number of rotatable bonds is 5. The molecule has 0 bridgehead atoms. The Kier molecular flexibility index (Phi) is 4.78.